The van der Waals surface area contributed by atoms with Gasteiger partial charge in [-0.15, -0.1) is 0 Å². The van der Waals surface area contributed by atoms with Crippen molar-refractivity contribution in [1.29, 1.82) is 0 Å². The van der Waals surface area contributed by atoms with E-state index in [9.17, 15) is 4.79 Å². The minimum atomic E-state index is -0.257. The van der Waals surface area contributed by atoms with E-state index in [-0.39, 0.29) is 11.9 Å². The lowest BCUT2D eigenvalue weighted by atomic mass is 10.2. The molecule has 25 heavy (non-hydrogen) atoms. The average molecular weight is 332 g/mol. The van der Waals surface area contributed by atoms with Gasteiger partial charge in [0.1, 0.15) is 11.5 Å². The number of hydrogen-bond donors (Lipinski definition) is 3. The molecule has 7 heteroatoms. The summed E-state index contributed by atoms with van der Waals surface area (Å²) >= 11 is 0. The molecule has 0 unspecified atom stereocenters. The molecular formula is C18H16N6O. The molecule has 0 bridgehead atoms. The molecule has 1 amide bonds. The number of imidazole rings is 1. The Labute approximate surface area is 143 Å². The van der Waals surface area contributed by atoms with Crippen molar-refractivity contribution in [1.82, 2.24) is 30.5 Å². The lowest BCUT2D eigenvalue weighted by molar-refractivity contribution is 0.0933. The second kappa shape index (κ2) is 6.20. The van der Waals surface area contributed by atoms with Crippen LogP contribution in [0.5, 0.6) is 0 Å². The van der Waals surface area contributed by atoms with Gasteiger partial charge in [0.25, 0.3) is 5.91 Å². The van der Waals surface area contributed by atoms with E-state index >= 15 is 0 Å². The number of aromatic nitrogens is 5. The summed E-state index contributed by atoms with van der Waals surface area (Å²) in [5, 5.41) is 9.88. The first kappa shape index (κ1) is 15.1. The van der Waals surface area contributed by atoms with E-state index in [2.05, 4.69) is 30.5 Å². The minimum Gasteiger partial charge on any atom is -0.341 e. The Morgan fingerprint density at radius 3 is 2.76 bits per heavy atom. The van der Waals surface area contributed by atoms with Crippen LogP contribution < -0.4 is 5.32 Å². The van der Waals surface area contributed by atoms with Crippen LogP contribution in [-0.2, 0) is 0 Å². The van der Waals surface area contributed by atoms with Crippen LogP contribution in [0.3, 0.4) is 0 Å². The molecule has 0 aliphatic rings. The fourth-order valence-corrected chi connectivity index (χ4v) is 2.63. The Kier molecular flexibility index (Phi) is 3.74. The zero-order valence-corrected chi connectivity index (χ0v) is 13.5. The molecule has 3 N–H and O–H groups in total. The van der Waals surface area contributed by atoms with Gasteiger partial charge in [0.15, 0.2) is 0 Å². The van der Waals surface area contributed by atoms with Crippen LogP contribution in [0.1, 0.15) is 29.3 Å². The maximum Gasteiger partial charge on any atom is 0.269 e. The van der Waals surface area contributed by atoms with Gasteiger partial charge in [0.2, 0.25) is 0 Å². The van der Waals surface area contributed by atoms with Crippen LogP contribution in [0, 0.1) is 0 Å². The number of carbonyl (C=O) groups excluding carboxylic acids is 1. The first-order valence-corrected chi connectivity index (χ1v) is 7.92. The number of nitrogens with zero attached hydrogens (tertiary/aromatic N) is 3. The first-order valence-electron chi connectivity index (χ1n) is 7.92. The van der Waals surface area contributed by atoms with Gasteiger partial charge in [-0.1, -0.05) is 12.1 Å². The van der Waals surface area contributed by atoms with E-state index < -0.39 is 0 Å². The number of nitrogens with one attached hydrogen (secondary N) is 3. The normalized spacial score (nSPS) is 12.2. The lowest BCUT2D eigenvalue weighted by Gasteiger charge is -2.10. The highest BCUT2D eigenvalue weighted by Crippen LogP contribution is 2.18. The maximum absolute atomic E-state index is 12.5. The summed E-state index contributed by atoms with van der Waals surface area (Å²) in [6, 6.07) is 12.9. The van der Waals surface area contributed by atoms with Crippen LogP contribution in [0.4, 0.5) is 0 Å². The number of fused-ring (bicyclic) bond motifs is 1. The standard InChI is InChI=1S/C18H16N6O/c1-11(17-21-13-4-2-3-5-14(13)22-17)20-18(25)16-10-15(23-24-16)12-6-8-19-9-7-12/h2-11H,1H3,(H,20,25)(H,21,22)(H,23,24)/t11-/m0/s1. The van der Waals surface area contributed by atoms with E-state index in [1.165, 1.54) is 0 Å². The van der Waals surface area contributed by atoms with Crippen molar-refractivity contribution in [2.24, 2.45) is 0 Å². The molecule has 4 rings (SSSR count). The summed E-state index contributed by atoms with van der Waals surface area (Å²) in [5.74, 6) is 0.476. The van der Waals surface area contributed by atoms with Gasteiger partial charge in [-0.3, -0.25) is 14.9 Å². The van der Waals surface area contributed by atoms with Gasteiger partial charge in [-0.25, -0.2) is 4.98 Å². The van der Waals surface area contributed by atoms with Crippen LogP contribution in [0.15, 0.2) is 54.9 Å². The van der Waals surface area contributed by atoms with E-state index in [1.54, 1.807) is 18.5 Å². The zero-order valence-electron chi connectivity index (χ0n) is 13.5. The molecule has 4 aromatic rings. The largest absolute Gasteiger partial charge is 0.341 e. The molecule has 124 valence electrons. The number of aromatic amines is 2. The summed E-state index contributed by atoms with van der Waals surface area (Å²) in [5.41, 5.74) is 3.81. The maximum atomic E-state index is 12.5. The molecule has 0 fully saturated rings. The van der Waals surface area contributed by atoms with Crippen molar-refractivity contribution in [2.45, 2.75) is 13.0 Å². The number of carbonyl (C=O) groups is 1. The highest BCUT2D eigenvalue weighted by atomic mass is 16.2. The number of rotatable bonds is 4. The first-order chi connectivity index (χ1) is 12.2. The number of benzene rings is 1. The summed E-state index contributed by atoms with van der Waals surface area (Å²) in [4.78, 5) is 24.2. The van der Waals surface area contributed by atoms with Crippen molar-refractivity contribution in [3.8, 4) is 11.3 Å². The lowest BCUT2D eigenvalue weighted by Crippen LogP contribution is -2.27. The third-order valence-corrected chi connectivity index (χ3v) is 3.96. The smallest absolute Gasteiger partial charge is 0.269 e. The second-order valence-electron chi connectivity index (χ2n) is 5.74. The summed E-state index contributed by atoms with van der Waals surface area (Å²) < 4.78 is 0. The van der Waals surface area contributed by atoms with Crippen LogP contribution in [0.2, 0.25) is 0 Å². The number of amides is 1. The van der Waals surface area contributed by atoms with E-state index in [0.29, 0.717) is 17.2 Å². The fourth-order valence-electron chi connectivity index (χ4n) is 2.63. The molecule has 0 saturated heterocycles. The molecule has 0 aliphatic carbocycles. The van der Waals surface area contributed by atoms with E-state index in [1.807, 2.05) is 43.3 Å². The fraction of sp³-hybridized carbons (Fsp3) is 0.111. The van der Waals surface area contributed by atoms with Crippen molar-refractivity contribution < 1.29 is 4.79 Å². The Hall–Kier alpha value is -3.48. The third-order valence-electron chi connectivity index (χ3n) is 3.96. The van der Waals surface area contributed by atoms with Gasteiger partial charge in [0.05, 0.1) is 22.8 Å². The number of H-pyrrole nitrogens is 2. The summed E-state index contributed by atoms with van der Waals surface area (Å²) in [6.45, 7) is 1.88. The molecule has 0 aliphatic heterocycles. The Balaban J connectivity index is 1.51. The Morgan fingerprint density at radius 1 is 1.16 bits per heavy atom. The molecule has 1 aromatic carbocycles. The van der Waals surface area contributed by atoms with Crippen molar-refractivity contribution in [3.63, 3.8) is 0 Å². The van der Waals surface area contributed by atoms with Gasteiger partial charge in [-0.05, 0) is 37.3 Å². The average Bonchev–Trinajstić information content (AvgIpc) is 3.29. The van der Waals surface area contributed by atoms with Crippen LogP contribution in [-0.4, -0.2) is 31.1 Å². The quantitative estimate of drug-likeness (QED) is 0.535. The number of pyridine rings is 1. The molecule has 0 saturated carbocycles. The van der Waals surface area contributed by atoms with Crippen LogP contribution in [0.25, 0.3) is 22.3 Å². The molecule has 3 heterocycles. The molecule has 1 atom stereocenters. The summed E-state index contributed by atoms with van der Waals surface area (Å²) in [6.07, 6.45) is 3.38. The SMILES string of the molecule is C[C@H](NC(=O)c1cc(-c2ccncc2)n[nH]1)c1nc2ccccc2[nH]1. The highest BCUT2D eigenvalue weighted by molar-refractivity contribution is 5.93. The number of hydrogen-bond acceptors (Lipinski definition) is 4. The van der Waals surface area contributed by atoms with E-state index in [4.69, 9.17) is 0 Å². The molecular weight excluding hydrogens is 316 g/mol. The predicted octanol–water partition coefficient (Wildman–Crippen LogP) is 2.84. The second-order valence-corrected chi connectivity index (χ2v) is 5.74. The van der Waals surface area contributed by atoms with Crippen molar-refractivity contribution in [3.05, 3.63) is 66.4 Å². The van der Waals surface area contributed by atoms with Crippen molar-refractivity contribution >= 4 is 16.9 Å². The van der Waals surface area contributed by atoms with Crippen molar-refractivity contribution in [2.75, 3.05) is 0 Å². The van der Waals surface area contributed by atoms with Gasteiger partial charge < -0.3 is 10.3 Å². The zero-order chi connectivity index (χ0) is 17.2. The molecule has 3 aromatic heterocycles. The monoisotopic (exact) mass is 332 g/mol. The van der Waals surface area contributed by atoms with Gasteiger partial charge in [-0.2, -0.15) is 5.10 Å². The molecule has 0 radical (unpaired) electrons. The van der Waals surface area contributed by atoms with Gasteiger partial charge in [0, 0.05) is 18.0 Å². The van der Waals surface area contributed by atoms with Gasteiger partial charge >= 0.3 is 0 Å². The number of para-hydroxylation sites is 2. The van der Waals surface area contributed by atoms with Crippen LogP contribution >= 0.6 is 0 Å². The molecule has 7 nitrogen and oxygen atoms in total. The minimum absolute atomic E-state index is 0.235. The van der Waals surface area contributed by atoms with E-state index in [0.717, 1.165) is 16.6 Å². The highest BCUT2D eigenvalue weighted by Gasteiger charge is 2.17. The Bertz CT molecular complexity index is 987. The molecule has 0 spiro atoms. The Morgan fingerprint density at radius 2 is 1.96 bits per heavy atom. The third kappa shape index (κ3) is 2.99. The topological polar surface area (TPSA) is 99.3 Å². The predicted molar refractivity (Wildman–Crippen MR) is 93.8 cm³/mol. The summed E-state index contributed by atoms with van der Waals surface area (Å²) in [7, 11) is 0.